The van der Waals surface area contributed by atoms with Gasteiger partial charge in [-0.25, -0.2) is 13.6 Å². The number of primary sulfonamides is 1. The van der Waals surface area contributed by atoms with Crippen molar-refractivity contribution in [3.63, 3.8) is 0 Å². The fraction of sp³-hybridized carbons (Fsp3) is 0.0909. The van der Waals surface area contributed by atoms with Gasteiger partial charge in [0, 0.05) is 23.2 Å². The molecule has 154 valence electrons. The number of carbonyl (C=O) groups excluding carboxylic acids is 1. The Morgan fingerprint density at radius 1 is 0.933 bits per heavy atom. The van der Waals surface area contributed by atoms with Crippen molar-refractivity contribution in [2.45, 2.75) is 17.7 Å². The summed E-state index contributed by atoms with van der Waals surface area (Å²) < 4.78 is 23.6. The number of hydrogen-bond donors (Lipinski definition) is 4. The lowest BCUT2D eigenvalue weighted by Crippen LogP contribution is -2.13. The van der Waals surface area contributed by atoms with E-state index in [4.69, 9.17) is 16.3 Å². The predicted octanol–water partition coefficient (Wildman–Crippen LogP) is 2.86. The van der Waals surface area contributed by atoms with Gasteiger partial charge in [-0.1, -0.05) is 54.6 Å². The number of sulfonamides is 1. The first kappa shape index (κ1) is 21.2. The molecule has 0 heterocycles. The van der Waals surface area contributed by atoms with Gasteiger partial charge in [-0.05, 0) is 35.7 Å². The van der Waals surface area contributed by atoms with Crippen molar-refractivity contribution in [2.24, 2.45) is 10.9 Å². The Bertz CT molecular complexity index is 1170. The average Bonchev–Trinajstić information content (AvgIpc) is 2.72. The molecule has 7 nitrogen and oxygen atoms in total. The molecule has 0 aliphatic carbocycles. The van der Waals surface area contributed by atoms with Crippen LogP contribution < -0.4 is 16.2 Å². The molecule has 0 fully saturated rings. The number of carbonyl (C=O) groups is 1. The number of hydrogen-bond acceptors (Lipinski definition) is 4. The molecule has 1 amide bonds. The minimum atomic E-state index is -3.84. The van der Waals surface area contributed by atoms with E-state index in [1.54, 1.807) is 54.6 Å². The molecule has 0 aliphatic rings. The van der Waals surface area contributed by atoms with Crippen LogP contribution in [0.4, 0.5) is 5.69 Å². The van der Waals surface area contributed by atoms with E-state index >= 15 is 0 Å². The summed E-state index contributed by atoms with van der Waals surface area (Å²) in [6.45, 7) is 0. The molecule has 0 aromatic heterocycles. The summed E-state index contributed by atoms with van der Waals surface area (Å²) in [5.74, 6) is -0.127. The van der Waals surface area contributed by atoms with Crippen LogP contribution in [0.15, 0.2) is 77.7 Å². The van der Waals surface area contributed by atoms with E-state index in [2.05, 4.69) is 5.32 Å². The second kappa shape index (κ2) is 8.89. The summed E-state index contributed by atoms with van der Waals surface area (Å²) in [4.78, 5) is 12.3. The van der Waals surface area contributed by atoms with Crippen LogP contribution in [0.5, 0.6) is 0 Å². The number of aryl methyl sites for hydroxylation is 1. The molecule has 8 heteroatoms. The van der Waals surface area contributed by atoms with Crippen LogP contribution in [0.25, 0.3) is 11.1 Å². The fourth-order valence-corrected chi connectivity index (χ4v) is 3.78. The zero-order valence-corrected chi connectivity index (χ0v) is 16.9. The van der Waals surface area contributed by atoms with Gasteiger partial charge in [-0.2, -0.15) is 0 Å². The topological polar surface area (TPSA) is 139 Å². The van der Waals surface area contributed by atoms with Gasteiger partial charge in [0.05, 0.1) is 4.90 Å². The second-order valence-electron chi connectivity index (χ2n) is 6.78. The summed E-state index contributed by atoms with van der Waals surface area (Å²) >= 11 is 0. The Balaban J connectivity index is 1.63. The highest BCUT2D eigenvalue weighted by molar-refractivity contribution is 7.89. The molecule has 6 N–H and O–H groups in total. The third-order valence-corrected chi connectivity index (χ3v) is 5.55. The van der Waals surface area contributed by atoms with Crippen molar-refractivity contribution in [1.29, 1.82) is 5.41 Å². The minimum absolute atomic E-state index is 0.00873. The number of amidine groups is 1. The molecule has 30 heavy (non-hydrogen) atoms. The van der Waals surface area contributed by atoms with E-state index in [1.807, 2.05) is 12.1 Å². The maximum Gasteiger partial charge on any atom is 0.238 e. The highest BCUT2D eigenvalue weighted by Gasteiger charge is 2.14. The van der Waals surface area contributed by atoms with Crippen LogP contribution in [0.2, 0.25) is 0 Å². The Morgan fingerprint density at radius 3 is 2.17 bits per heavy atom. The molecule has 0 atom stereocenters. The number of nitrogen functional groups attached to an aromatic ring is 1. The lowest BCUT2D eigenvalue weighted by atomic mass is 10.1. The number of benzene rings is 3. The van der Waals surface area contributed by atoms with Gasteiger partial charge >= 0.3 is 0 Å². The van der Waals surface area contributed by atoms with Gasteiger partial charge < -0.3 is 11.1 Å². The second-order valence-corrected chi connectivity index (χ2v) is 8.31. The molecule has 0 unspecified atom stereocenters. The van der Waals surface area contributed by atoms with Gasteiger partial charge in [0.2, 0.25) is 15.9 Å². The van der Waals surface area contributed by atoms with Crippen LogP contribution in [-0.2, 0) is 21.2 Å². The van der Waals surface area contributed by atoms with Gasteiger partial charge in [0.1, 0.15) is 5.84 Å². The predicted molar refractivity (Wildman–Crippen MR) is 118 cm³/mol. The molecular formula is C22H22N4O3S. The number of nitrogens with one attached hydrogen (secondary N) is 2. The molecule has 3 rings (SSSR count). The first-order chi connectivity index (χ1) is 14.2. The Kier molecular flexibility index (Phi) is 6.29. The Labute approximate surface area is 175 Å². The molecule has 0 saturated heterocycles. The summed E-state index contributed by atoms with van der Waals surface area (Å²) in [5, 5.41) is 15.5. The van der Waals surface area contributed by atoms with Crippen LogP contribution in [0.3, 0.4) is 0 Å². The van der Waals surface area contributed by atoms with Gasteiger partial charge in [-0.3, -0.25) is 10.2 Å². The monoisotopic (exact) mass is 422 g/mol. The maximum atomic E-state index is 12.2. The molecule has 0 radical (unpaired) electrons. The van der Waals surface area contributed by atoms with E-state index in [1.165, 1.54) is 6.07 Å². The quantitative estimate of drug-likeness (QED) is 0.343. The van der Waals surface area contributed by atoms with E-state index in [0.717, 1.165) is 5.56 Å². The third-order valence-electron chi connectivity index (χ3n) is 4.58. The van der Waals surface area contributed by atoms with Gasteiger partial charge in [-0.15, -0.1) is 0 Å². The number of anilines is 1. The largest absolute Gasteiger partial charge is 0.384 e. The lowest BCUT2D eigenvalue weighted by Gasteiger charge is -2.10. The molecule has 3 aromatic rings. The zero-order valence-electron chi connectivity index (χ0n) is 16.1. The highest BCUT2D eigenvalue weighted by Crippen LogP contribution is 2.27. The minimum Gasteiger partial charge on any atom is -0.384 e. The van der Waals surface area contributed by atoms with Crippen molar-refractivity contribution in [1.82, 2.24) is 0 Å². The fourth-order valence-electron chi connectivity index (χ4n) is 3.02. The van der Waals surface area contributed by atoms with Crippen molar-refractivity contribution >= 4 is 27.5 Å². The Morgan fingerprint density at radius 2 is 1.57 bits per heavy atom. The molecule has 0 saturated carbocycles. The lowest BCUT2D eigenvalue weighted by molar-refractivity contribution is -0.116. The molecule has 0 spiro atoms. The third kappa shape index (κ3) is 5.31. The van der Waals surface area contributed by atoms with E-state index in [0.29, 0.717) is 35.2 Å². The van der Waals surface area contributed by atoms with E-state index in [9.17, 15) is 13.2 Å². The van der Waals surface area contributed by atoms with Gasteiger partial charge in [0.25, 0.3) is 0 Å². The number of rotatable bonds is 7. The summed E-state index contributed by atoms with van der Waals surface area (Å²) in [5.41, 5.74) is 8.86. The SMILES string of the molecule is N=C(N)c1ccc(CCC(=O)Nc2ccc(-c3ccccc3S(N)(=O)=O)cc2)cc1. The Hall–Kier alpha value is -3.49. The zero-order chi connectivity index (χ0) is 21.7. The molecule has 3 aromatic carbocycles. The first-order valence-corrected chi connectivity index (χ1v) is 10.7. The highest BCUT2D eigenvalue weighted by atomic mass is 32.2. The summed E-state index contributed by atoms with van der Waals surface area (Å²) in [6, 6.07) is 20.6. The molecule has 0 bridgehead atoms. The van der Waals surface area contributed by atoms with Crippen LogP contribution in [0.1, 0.15) is 17.5 Å². The average molecular weight is 423 g/mol. The van der Waals surface area contributed by atoms with Crippen molar-refractivity contribution in [2.75, 3.05) is 5.32 Å². The van der Waals surface area contributed by atoms with Crippen LogP contribution >= 0.6 is 0 Å². The standard InChI is InChI=1S/C22H22N4O3S/c23-22(24)17-8-5-15(6-9-17)7-14-21(27)26-18-12-10-16(11-13-18)19-3-1-2-4-20(19)30(25,28)29/h1-6,8-13H,7,14H2,(H3,23,24)(H,26,27)(H2,25,28,29). The van der Waals surface area contributed by atoms with Crippen molar-refractivity contribution in [3.8, 4) is 11.1 Å². The summed E-state index contributed by atoms with van der Waals surface area (Å²) in [7, 11) is -3.84. The molecular weight excluding hydrogens is 400 g/mol. The van der Waals surface area contributed by atoms with Crippen molar-refractivity contribution < 1.29 is 13.2 Å². The number of nitrogens with two attached hydrogens (primary N) is 2. The van der Waals surface area contributed by atoms with E-state index < -0.39 is 10.0 Å². The normalized spacial score (nSPS) is 11.1. The summed E-state index contributed by atoms with van der Waals surface area (Å²) in [6.07, 6.45) is 0.860. The van der Waals surface area contributed by atoms with Crippen LogP contribution in [0, 0.1) is 5.41 Å². The van der Waals surface area contributed by atoms with Crippen molar-refractivity contribution in [3.05, 3.63) is 83.9 Å². The maximum absolute atomic E-state index is 12.2. The van der Waals surface area contributed by atoms with Gasteiger partial charge in [0.15, 0.2) is 0 Å². The van der Waals surface area contributed by atoms with Crippen LogP contribution in [-0.4, -0.2) is 20.2 Å². The first-order valence-electron chi connectivity index (χ1n) is 9.19. The molecule has 0 aliphatic heterocycles. The van der Waals surface area contributed by atoms with E-state index in [-0.39, 0.29) is 16.6 Å². The smallest absolute Gasteiger partial charge is 0.238 e. The number of amides is 1.